The molecule has 0 radical (unpaired) electrons. The minimum Gasteiger partial charge on any atom is -0.455 e. The van der Waals surface area contributed by atoms with Crippen molar-refractivity contribution in [2.24, 2.45) is 0 Å². The third-order valence-corrected chi connectivity index (χ3v) is 9.65. The second-order valence-corrected chi connectivity index (χ2v) is 12.5. The Bertz CT molecular complexity index is 2770. The van der Waals surface area contributed by atoms with E-state index in [9.17, 15) is 0 Å². The van der Waals surface area contributed by atoms with E-state index in [0.29, 0.717) is 0 Å². The third kappa shape index (κ3) is 4.37. The number of anilines is 3. The smallest absolute Gasteiger partial charge is 0.143 e. The molecule has 49 heavy (non-hydrogen) atoms. The maximum absolute atomic E-state index is 6.78. The van der Waals surface area contributed by atoms with E-state index in [2.05, 4.69) is 175 Å². The van der Waals surface area contributed by atoms with Crippen LogP contribution in [0.2, 0.25) is 0 Å². The van der Waals surface area contributed by atoms with Gasteiger partial charge in [0.25, 0.3) is 0 Å². The van der Waals surface area contributed by atoms with Crippen molar-refractivity contribution in [3.63, 3.8) is 0 Å². The van der Waals surface area contributed by atoms with Gasteiger partial charge in [-0.3, -0.25) is 0 Å². The van der Waals surface area contributed by atoms with Gasteiger partial charge in [-0.25, -0.2) is 0 Å². The number of benzene rings is 8. The first-order valence-corrected chi connectivity index (χ1v) is 16.6. The lowest BCUT2D eigenvalue weighted by Crippen LogP contribution is -2.09. The Balaban J connectivity index is 1.26. The zero-order chi connectivity index (χ0) is 32.3. The second-order valence-electron chi connectivity index (χ2n) is 12.5. The third-order valence-electron chi connectivity index (χ3n) is 9.65. The second kappa shape index (κ2) is 11.0. The molecular formula is C46H29NO2. The van der Waals surface area contributed by atoms with Crippen molar-refractivity contribution < 1.29 is 8.83 Å². The molecule has 0 atom stereocenters. The zero-order valence-corrected chi connectivity index (χ0v) is 26.5. The lowest BCUT2D eigenvalue weighted by molar-refractivity contribution is 0.670. The van der Waals surface area contributed by atoms with Gasteiger partial charge in [-0.2, -0.15) is 0 Å². The van der Waals surface area contributed by atoms with Crippen molar-refractivity contribution in [2.75, 3.05) is 4.90 Å². The topological polar surface area (TPSA) is 29.5 Å². The molecule has 0 N–H and O–H groups in total. The van der Waals surface area contributed by atoms with Crippen molar-refractivity contribution >= 4 is 71.7 Å². The molecule has 0 saturated heterocycles. The molecule has 10 aromatic rings. The number of fused-ring (bicyclic) bond motifs is 8. The Hall–Kier alpha value is -6.58. The van der Waals surface area contributed by atoms with Gasteiger partial charge in [-0.15, -0.1) is 0 Å². The summed E-state index contributed by atoms with van der Waals surface area (Å²) < 4.78 is 13.5. The highest BCUT2D eigenvalue weighted by Crippen LogP contribution is 2.47. The fourth-order valence-corrected chi connectivity index (χ4v) is 7.44. The van der Waals surface area contributed by atoms with Crippen LogP contribution < -0.4 is 4.90 Å². The molecular weight excluding hydrogens is 599 g/mol. The van der Waals surface area contributed by atoms with Crippen LogP contribution in [0.25, 0.3) is 76.9 Å². The standard InChI is InChI=1S/C46H29NO2/c1-4-14-30(15-5-1)31-26-27-35-37-22-12-23-38(45(37)49-43(35)28-31)39-29-40-44-41(47(32-16-6-2-7-17-32)33-18-8-3-9-19-33)24-13-25-42(44)48-46(40)36-21-11-10-20-34(36)39/h1-29H. The molecule has 0 aliphatic heterocycles. The van der Waals surface area contributed by atoms with Crippen LogP contribution in [0.15, 0.2) is 185 Å². The van der Waals surface area contributed by atoms with Crippen LogP contribution in [0.3, 0.4) is 0 Å². The van der Waals surface area contributed by atoms with E-state index in [1.54, 1.807) is 0 Å². The fraction of sp³-hybridized carbons (Fsp3) is 0. The number of hydrogen-bond acceptors (Lipinski definition) is 3. The van der Waals surface area contributed by atoms with Gasteiger partial charge in [0.05, 0.1) is 11.1 Å². The summed E-state index contributed by atoms with van der Waals surface area (Å²) >= 11 is 0. The Labute approximate surface area is 282 Å². The molecule has 0 aliphatic rings. The summed E-state index contributed by atoms with van der Waals surface area (Å²) in [6.45, 7) is 0. The zero-order valence-electron chi connectivity index (χ0n) is 26.5. The van der Waals surface area contributed by atoms with E-state index in [1.807, 2.05) is 6.07 Å². The molecule has 0 spiro atoms. The van der Waals surface area contributed by atoms with Crippen molar-refractivity contribution in [3.8, 4) is 22.3 Å². The minimum absolute atomic E-state index is 0.849. The number of furan rings is 2. The predicted octanol–water partition coefficient (Wildman–Crippen LogP) is 13.4. The molecule has 2 aromatic heterocycles. The number of hydrogen-bond donors (Lipinski definition) is 0. The molecule has 0 bridgehead atoms. The Morgan fingerprint density at radius 2 is 0.959 bits per heavy atom. The highest BCUT2D eigenvalue weighted by molar-refractivity contribution is 6.24. The number of nitrogens with zero attached hydrogens (tertiary/aromatic N) is 1. The van der Waals surface area contributed by atoms with Gasteiger partial charge in [-0.1, -0.05) is 121 Å². The van der Waals surface area contributed by atoms with Crippen LogP contribution in [0.5, 0.6) is 0 Å². The van der Waals surface area contributed by atoms with Gasteiger partial charge in [0, 0.05) is 38.5 Å². The van der Waals surface area contributed by atoms with E-state index >= 15 is 0 Å². The monoisotopic (exact) mass is 627 g/mol. The molecule has 0 unspecified atom stereocenters. The maximum Gasteiger partial charge on any atom is 0.143 e. The van der Waals surface area contributed by atoms with Gasteiger partial charge in [0.1, 0.15) is 22.3 Å². The molecule has 2 heterocycles. The summed E-state index contributed by atoms with van der Waals surface area (Å²) in [7, 11) is 0. The van der Waals surface area contributed by atoms with Crippen molar-refractivity contribution in [1.29, 1.82) is 0 Å². The molecule has 0 amide bonds. The maximum atomic E-state index is 6.78. The van der Waals surface area contributed by atoms with Crippen LogP contribution in [0.4, 0.5) is 17.1 Å². The van der Waals surface area contributed by atoms with Crippen LogP contribution in [-0.2, 0) is 0 Å². The first kappa shape index (κ1) is 27.5. The summed E-state index contributed by atoms with van der Waals surface area (Å²) in [4.78, 5) is 2.32. The van der Waals surface area contributed by atoms with Crippen molar-refractivity contribution in [1.82, 2.24) is 0 Å². The summed E-state index contributed by atoms with van der Waals surface area (Å²) in [5.41, 5.74) is 11.2. The van der Waals surface area contributed by atoms with Gasteiger partial charge in [-0.05, 0) is 76.7 Å². The van der Waals surface area contributed by atoms with E-state index in [1.165, 1.54) is 5.56 Å². The summed E-state index contributed by atoms with van der Waals surface area (Å²) in [6.07, 6.45) is 0. The molecule has 230 valence electrons. The largest absolute Gasteiger partial charge is 0.455 e. The highest BCUT2D eigenvalue weighted by Gasteiger charge is 2.23. The van der Waals surface area contributed by atoms with E-state index in [4.69, 9.17) is 8.83 Å². The number of rotatable bonds is 5. The van der Waals surface area contributed by atoms with Crippen LogP contribution in [0, 0.1) is 0 Å². The SMILES string of the molecule is c1ccc(-c2ccc3c(c2)oc2c(-c4cc5c(oc6cccc(N(c7ccccc7)c7ccccc7)c65)c5ccccc45)cccc23)cc1. The average molecular weight is 628 g/mol. The highest BCUT2D eigenvalue weighted by atomic mass is 16.3. The number of para-hydroxylation sites is 3. The first-order chi connectivity index (χ1) is 24.3. The first-order valence-electron chi connectivity index (χ1n) is 16.6. The molecule has 10 rings (SSSR count). The van der Waals surface area contributed by atoms with Gasteiger partial charge in [0.2, 0.25) is 0 Å². The van der Waals surface area contributed by atoms with Crippen molar-refractivity contribution in [3.05, 3.63) is 176 Å². The quantitative estimate of drug-likeness (QED) is 0.190. The Morgan fingerprint density at radius 1 is 0.347 bits per heavy atom. The molecule has 8 aromatic carbocycles. The summed E-state index contributed by atoms with van der Waals surface area (Å²) in [5, 5.41) is 6.55. The lowest BCUT2D eigenvalue weighted by Gasteiger charge is -2.26. The van der Waals surface area contributed by atoms with E-state index in [0.717, 1.165) is 88.4 Å². The van der Waals surface area contributed by atoms with Gasteiger partial charge >= 0.3 is 0 Å². The van der Waals surface area contributed by atoms with Crippen molar-refractivity contribution in [2.45, 2.75) is 0 Å². The summed E-state index contributed by atoms with van der Waals surface area (Å²) in [6, 6.07) is 61.7. The normalized spacial score (nSPS) is 11.7. The predicted molar refractivity (Wildman–Crippen MR) is 204 cm³/mol. The average Bonchev–Trinajstić information content (AvgIpc) is 3.75. The van der Waals surface area contributed by atoms with E-state index < -0.39 is 0 Å². The molecule has 0 aliphatic carbocycles. The summed E-state index contributed by atoms with van der Waals surface area (Å²) in [5.74, 6) is 0. The van der Waals surface area contributed by atoms with Crippen LogP contribution in [-0.4, -0.2) is 0 Å². The lowest BCUT2D eigenvalue weighted by atomic mass is 9.93. The molecule has 0 saturated carbocycles. The van der Waals surface area contributed by atoms with E-state index in [-0.39, 0.29) is 0 Å². The minimum atomic E-state index is 0.849. The van der Waals surface area contributed by atoms with Crippen LogP contribution in [0.1, 0.15) is 0 Å². The molecule has 3 nitrogen and oxygen atoms in total. The Morgan fingerprint density at radius 3 is 1.71 bits per heavy atom. The van der Waals surface area contributed by atoms with Gasteiger partial charge in [0.15, 0.2) is 0 Å². The molecule has 3 heteroatoms. The van der Waals surface area contributed by atoms with Crippen LogP contribution >= 0.6 is 0 Å². The van der Waals surface area contributed by atoms with Gasteiger partial charge < -0.3 is 13.7 Å². The fourth-order valence-electron chi connectivity index (χ4n) is 7.44. The Kier molecular flexibility index (Phi) is 6.18. The molecule has 0 fully saturated rings.